The minimum atomic E-state index is 0.234. The average Bonchev–Trinajstić information content (AvgIpc) is 3.10. The van der Waals surface area contributed by atoms with Gasteiger partial charge in [0.1, 0.15) is 5.82 Å². The van der Waals surface area contributed by atoms with E-state index in [1.807, 2.05) is 11.4 Å². The normalized spacial score (nSPS) is 19.1. The second kappa shape index (κ2) is 4.99. The predicted molar refractivity (Wildman–Crippen MR) is 69.7 cm³/mol. The summed E-state index contributed by atoms with van der Waals surface area (Å²) < 4.78 is 5.25. The number of rotatable bonds is 3. The highest BCUT2D eigenvalue weighted by Gasteiger charge is 2.21. The molecule has 94 valence electrons. The van der Waals surface area contributed by atoms with Crippen LogP contribution >= 0.6 is 11.3 Å². The molecule has 1 aliphatic heterocycles. The largest absolute Gasteiger partial charge is 0.481 e. The number of nitrogens with one attached hydrogen (secondary N) is 1. The number of methoxy groups -OCH3 is 1. The molecule has 3 heterocycles. The Morgan fingerprint density at radius 1 is 1.39 bits per heavy atom. The SMILES string of the molecule is COc1cc(-c2cscn2)nc(C2CCCN2)n1. The first-order valence-electron chi connectivity index (χ1n) is 5.92. The van der Waals surface area contributed by atoms with Gasteiger partial charge in [0.2, 0.25) is 5.88 Å². The summed E-state index contributed by atoms with van der Waals surface area (Å²) in [5.41, 5.74) is 3.50. The van der Waals surface area contributed by atoms with Crippen LogP contribution in [0.5, 0.6) is 5.88 Å². The average molecular weight is 262 g/mol. The Kier molecular flexibility index (Phi) is 3.21. The molecule has 0 amide bonds. The summed E-state index contributed by atoms with van der Waals surface area (Å²) in [5, 5.41) is 5.38. The first kappa shape index (κ1) is 11.6. The van der Waals surface area contributed by atoms with Gasteiger partial charge in [0.15, 0.2) is 0 Å². The van der Waals surface area contributed by atoms with Gasteiger partial charge in [0.05, 0.1) is 30.1 Å². The standard InChI is InChI=1S/C12H14N4OS/c1-17-11-5-9(10-6-18-7-14-10)15-12(16-11)8-3-2-4-13-8/h5-8,13H,2-4H2,1H3. The Balaban J connectivity index is 2.01. The molecule has 0 aliphatic carbocycles. The number of nitrogens with zero attached hydrogens (tertiary/aromatic N) is 3. The van der Waals surface area contributed by atoms with E-state index in [9.17, 15) is 0 Å². The summed E-state index contributed by atoms with van der Waals surface area (Å²) in [4.78, 5) is 13.3. The molecular weight excluding hydrogens is 248 g/mol. The van der Waals surface area contributed by atoms with Gasteiger partial charge in [-0.2, -0.15) is 4.98 Å². The van der Waals surface area contributed by atoms with Crippen molar-refractivity contribution in [3.8, 4) is 17.3 Å². The van der Waals surface area contributed by atoms with Gasteiger partial charge in [0, 0.05) is 11.4 Å². The van der Waals surface area contributed by atoms with Gasteiger partial charge in [-0.25, -0.2) is 9.97 Å². The smallest absolute Gasteiger partial charge is 0.217 e. The summed E-state index contributed by atoms with van der Waals surface area (Å²) in [7, 11) is 1.62. The third-order valence-corrected chi connectivity index (χ3v) is 3.58. The van der Waals surface area contributed by atoms with Crippen molar-refractivity contribution in [3.63, 3.8) is 0 Å². The minimum Gasteiger partial charge on any atom is -0.481 e. The molecule has 3 rings (SSSR count). The van der Waals surface area contributed by atoms with Gasteiger partial charge in [-0.15, -0.1) is 11.3 Å². The highest BCUT2D eigenvalue weighted by molar-refractivity contribution is 7.07. The van der Waals surface area contributed by atoms with E-state index in [1.165, 1.54) is 0 Å². The number of thiazole rings is 1. The van der Waals surface area contributed by atoms with Crippen LogP contribution in [0.3, 0.4) is 0 Å². The van der Waals surface area contributed by atoms with Crippen molar-refractivity contribution in [3.05, 3.63) is 22.8 Å². The van der Waals surface area contributed by atoms with Crippen molar-refractivity contribution >= 4 is 11.3 Å². The first-order chi connectivity index (χ1) is 8.86. The van der Waals surface area contributed by atoms with Crippen molar-refractivity contribution in [1.29, 1.82) is 0 Å². The fourth-order valence-corrected chi connectivity index (χ4v) is 2.62. The Morgan fingerprint density at radius 2 is 2.33 bits per heavy atom. The summed E-state index contributed by atoms with van der Waals surface area (Å²) in [6.45, 7) is 1.03. The molecular formula is C12H14N4OS. The van der Waals surface area contributed by atoms with Crippen LogP contribution < -0.4 is 10.1 Å². The Hall–Kier alpha value is -1.53. The Morgan fingerprint density at radius 3 is 3.00 bits per heavy atom. The van der Waals surface area contributed by atoms with Gasteiger partial charge < -0.3 is 10.1 Å². The van der Waals surface area contributed by atoms with Crippen molar-refractivity contribution in [1.82, 2.24) is 20.3 Å². The summed E-state index contributed by atoms with van der Waals surface area (Å²) in [6.07, 6.45) is 2.24. The highest BCUT2D eigenvalue weighted by atomic mass is 32.1. The molecule has 0 saturated carbocycles. The Bertz CT molecular complexity index is 523. The molecule has 6 heteroatoms. The summed E-state index contributed by atoms with van der Waals surface area (Å²) in [5.74, 6) is 1.39. The van der Waals surface area contributed by atoms with Gasteiger partial charge in [0.25, 0.3) is 0 Å². The zero-order valence-corrected chi connectivity index (χ0v) is 10.9. The van der Waals surface area contributed by atoms with E-state index in [-0.39, 0.29) is 6.04 Å². The quantitative estimate of drug-likeness (QED) is 0.917. The lowest BCUT2D eigenvalue weighted by Crippen LogP contribution is -2.16. The molecule has 1 aliphatic rings. The number of hydrogen-bond donors (Lipinski definition) is 1. The molecule has 1 atom stereocenters. The molecule has 1 fully saturated rings. The molecule has 0 radical (unpaired) electrons. The van der Waals surface area contributed by atoms with E-state index in [0.29, 0.717) is 5.88 Å². The number of aromatic nitrogens is 3. The van der Waals surface area contributed by atoms with Crippen LogP contribution in [-0.4, -0.2) is 28.6 Å². The van der Waals surface area contributed by atoms with Gasteiger partial charge >= 0.3 is 0 Å². The predicted octanol–water partition coefficient (Wildman–Crippen LogP) is 2.03. The lowest BCUT2D eigenvalue weighted by molar-refractivity contribution is 0.392. The minimum absolute atomic E-state index is 0.234. The first-order valence-corrected chi connectivity index (χ1v) is 6.86. The van der Waals surface area contributed by atoms with Crippen LogP contribution in [0, 0.1) is 0 Å². The third kappa shape index (κ3) is 2.21. The van der Waals surface area contributed by atoms with Crippen LogP contribution in [0.2, 0.25) is 0 Å². The van der Waals surface area contributed by atoms with E-state index in [1.54, 1.807) is 24.0 Å². The topological polar surface area (TPSA) is 59.9 Å². The van der Waals surface area contributed by atoms with Crippen molar-refractivity contribution in [2.45, 2.75) is 18.9 Å². The van der Waals surface area contributed by atoms with E-state index >= 15 is 0 Å². The molecule has 18 heavy (non-hydrogen) atoms. The van der Waals surface area contributed by atoms with Crippen molar-refractivity contribution in [2.75, 3.05) is 13.7 Å². The maximum absolute atomic E-state index is 5.25. The molecule has 1 N–H and O–H groups in total. The fourth-order valence-electron chi connectivity index (χ4n) is 2.08. The van der Waals surface area contributed by atoms with Crippen molar-refractivity contribution in [2.24, 2.45) is 0 Å². The molecule has 2 aromatic rings. The lowest BCUT2D eigenvalue weighted by atomic mass is 10.2. The van der Waals surface area contributed by atoms with E-state index in [4.69, 9.17) is 4.74 Å². The molecule has 5 nitrogen and oxygen atoms in total. The van der Waals surface area contributed by atoms with Crippen LogP contribution in [-0.2, 0) is 0 Å². The third-order valence-electron chi connectivity index (χ3n) is 3.00. The monoisotopic (exact) mass is 262 g/mol. The summed E-state index contributed by atoms with van der Waals surface area (Å²) in [6, 6.07) is 2.06. The molecule has 1 saturated heterocycles. The second-order valence-electron chi connectivity index (χ2n) is 4.18. The molecule has 0 spiro atoms. The molecule has 0 aromatic carbocycles. The van der Waals surface area contributed by atoms with Crippen LogP contribution in [0.15, 0.2) is 17.0 Å². The zero-order valence-electron chi connectivity index (χ0n) is 10.1. The fraction of sp³-hybridized carbons (Fsp3) is 0.417. The van der Waals surface area contributed by atoms with E-state index in [0.717, 1.165) is 36.6 Å². The Labute approximate surface area is 109 Å². The highest BCUT2D eigenvalue weighted by Crippen LogP contribution is 2.26. The lowest BCUT2D eigenvalue weighted by Gasteiger charge is -2.11. The van der Waals surface area contributed by atoms with Crippen molar-refractivity contribution < 1.29 is 4.74 Å². The van der Waals surface area contributed by atoms with Gasteiger partial charge in [-0.1, -0.05) is 0 Å². The second-order valence-corrected chi connectivity index (χ2v) is 4.90. The molecule has 2 aromatic heterocycles. The summed E-state index contributed by atoms with van der Waals surface area (Å²) >= 11 is 1.56. The van der Waals surface area contributed by atoms with Gasteiger partial charge in [-0.05, 0) is 19.4 Å². The number of hydrogen-bond acceptors (Lipinski definition) is 6. The van der Waals surface area contributed by atoms with Crippen LogP contribution in [0.1, 0.15) is 24.7 Å². The zero-order chi connectivity index (χ0) is 12.4. The van der Waals surface area contributed by atoms with Gasteiger partial charge in [-0.3, -0.25) is 0 Å². The maximum Gasteiger partial charge on any atom is 0.217 e. The maximum atomic E-state index is 5.25. The molecule has 1 unspecified atom stereocenters. The number of ether oxygens (including phenoxy) is 1. The van der Waals surface area contributed by atoms with Crippen LogP contribution in [0.25, 0.3) is 11.4 Å². The molecule has 0 bridgehead atoms. The van der Waals surface area contributed by atoms with Crippen LogP contribution in [0.4, 0.5) is 0 Å². The van der Waals surface area contributed by atoms with E-state index in [2.05, 4.69) is 20.3 Å². The van der Waals surface area contributed by atoms with E-state index < -0.39 is 0 Å².